The third kappa shape index (κ3) is 5.34. The maximum Gasteiger partial charge on any atom is 0.321 e. The van der Waals surface area contributed by atoms with Crippen LogP contribution in [0.4, 0.5) is 4.79 Å². The number of carbonyl (C=O) groups is 2. The lowest BCUT2D eigenvalue weighted by Gasteiger charge is -2.33. The van der Waals surface area contributed by atoms with Crippen molar-refractivity contribution in [1.29, 1.82) is 0 Å². The highest BCUT2D eigenvalue weighted by Gasteiger charge is 2.30. The fraction of sp³-hybridized carbons (Fsp3) is 0.600. The highest BCUT2D eigenvalue weighted by molar-refractivity contribution is 7.89. The van der Waals surface area contributed by atoms with Gasteiger partial charge >= 0.3 is 6.03 Å². The van der Waals surface area contributed by atoms with E-state index in [-0.39, 0.29) is 18.5 Å². The molecule has 0 unspecified atom stereocenters. The molecule has 0 saturated carbocycles. The number of nitrogens with zero attached hydrogens (tertiary/aromatic N) is 2. The number of rotatable bonds is 6. The van der Waals surface area contributed by atoms with Crippen LogP contribution in [0.25, 0.3) is 0 Å². The van der Waals surface area contributed by atoms with Gasteiger partial charge in [0, 0.05) is 32.2 Å². The SMILES string of the molecule is CC[C@@H](C)NC(=O)NC(=O)CN1CCN(S(=O)(=O)c2ccc3c(c2)CCC3)CC1. The molecule has 1 aromatic rings. The lowest BCUT2D eigenvalue weighted by atomic mass is 10.1. The fourth-order valence-electron chi connectivity index (χ4n) is 3.72. The average molecular weight is 423 g/mol. The maximum atomic E-state index is 13.0. The third-order valence-electron chi connectivity index (χ3n) is 5.65. The number of hydrogen-bond acceptors (Lipinski definition) is 5. The molecule has 160 valence electrons. The van der Waals surface area contributed by atoms with Crippen LogP contribution in [0.15, 0.2) is 23.1 Å². The van der Waals surface area contributed by atoms with E-state index in [4.69, 9.17) is 0 Å². The molecule has 3 rings (SSSR count). The quantitative estimate of drug-likeness (QED) is 0.715. The van der Waals surface area contributed by atoms with Gasteiger partial charge in [-0.05, 0) is 55.9 Å². The summed E-state index contributed by atoms with van der Waals surface area (Å²) >= 11 is 0. The lowest BCUT2D eigenvalue weighted by molar-refractivity contribution is -0.121. The van der Waals surface area contributed by atoms with Gasteiger partial charge in [-0.15, -0.1) is 0 Å². The Morgan fingerprint density at radius 1 is 1.10 bits per heavy atom. The molecule has 0 aromatic heterocycles. The van der Waals surface area contributed by atoms with Crippen LogP contribution in [0, 0.1) is 0 Å². The molecule has 8 nitrogen and oxygen atoms in total. The molecular weight excluding hydrogens is 392 g/mol. The zero-order valence-electron chi connectivity index (χ0n) is 17.1. The number of amides is 3. The largest absolute Gasteiger partial charge is 0.335 e. The smallest absolute Gasteiger partial charge is 0.321 e. The van der Waals surface area contributed by atoms with Crippen LogP contribution in [0.2, 0.25) is 0 Å². The van der Waals surface area contributed by atoms with Gasteiger partial charge in [0.2, 0.25) is 15.9 Å². The fourth-order valence-corrected chi connectivity index (χ4v) is 5.19. The van der Waals surface area contributed by atoms with Crippen molar-refractivity contribution < 1.29 is 18.0 Å². The summed E-state index contributed by atoms with van der Waals surface area (Å²) in [6.45, 7) is 5.43. The lowest BCUT2D eigenvalue weighted by Crippen LogP contribution is -2.52. The van der Waals surface area contributed by atoms with Crippen LogP contribution in [0.1, 0.15) is 37.8 Å². The first-order valence-electron chi connectivity index (χ1n) is 10.2. The van der Waals surface area contributed by atoms with Crippen molar-refractivity contribution in [2.75, 3.05) is 32.7 Å². The van der Waals surface area contributed by atoms with Gasteiger partial charge in [0.1, 0.15) is 0 Å². The summed E-state index contributed by atoms with van der Waals surface area (Å²) in [5.41, 5.74) is 2.38. The van der Waals surface area contributed by atoms with E-state index in [1.54, 1.807) is 6.07 Å². The van der Waals surface area contributed by atoms with Crippen LogP contribution in [0.5, 0.6) is 0 Å². The first-order valence-corrected chi connectivity index (χ1v) is 11.7. The van der Waals surface area contributed by atoms with E-state index in [0.717, 1.165) is 31.2 Å². The maximum absolute atomic E-state index is 13.0. The molecule has 2 aliphatic rings. The molecule has 1 fully saturated rings. The van der Waals surface area contributed by atoms with Crippen LogP contribution in [0.3, 0.4) is 0 Å². The minimum atomic E-state index is -3.53. The number of imide groups is 1. The molecule has 1 aromatic carbocycles. The zero-order chi connectivity index (χ0) is 21.0. The van der Waals surface area contributed by atoms with E-state index < -0.39 is 16.1 Å². The van der Waals surface area contributed by atoms with Gasteiger partial charge in [0.05, 0.1) is 11.4 Å². The van der Waals surface area contributed by atoms with Gasteiger partial charge in [0.15, 0.2) is 0 Å². The second-order valence-corrected chi connectivity index (χ2v) is 9.73. The van der Waals surface area contributed by atoms with E-state index in [2.05, 4.69) is 10.6 Å². The molecule has 1 saturated heterocycles. The van der Waals surface area contributed by atoms with Gasteiger partial charge in [-0.1, -0.05) is 13.0 Å². The number of piperazine rings is 1. The van der Waals surface area contributed by atoms with Crippen molar-refractivity contribution >= 4 is 22.0 Å². The molecular formula is C20H30N4O4S. The van der Waals surface area contributed by atoms with Gasteiger partial charge < -0.3 is 5.32 Å². The Labute approximate surface area is 172 Å². The molecule has 0 radical (unpaired) electrons. The monoisotopic (exact) mass is 422 g/mol. The average Bonchev–Trinajstić information content (AvgIpc) is 3.15. The number of fused-ring (bicyclic) bond motifs is 1. The van der Waals surface area contributed by atoms with Gasteiger partial charge in [0.25, 0.3) is 0 Å². The molecule has 3 amide bonds. The first-order chi connectivity index (χ1) is 13.8. The summed E-state index contributed by atoms with van der Waals surface area (Å²) in [4.78, 5) is 26.0. The zero-order valence-corrected chi connectivity index (χ0v) is 17.9. The van der Waals surface area contributed by atoms with Crippen molar-refractivity contribution in [1.82, 2.24) is 19.8 Å². The summed E-state index contributed by atoms with van der Waals surface area (Å²) in [6, 6.07) is 4.95. The normalized spacial score (nSPS) is 18.8. The van der Waals surface area contributed by atoms with Gasteiger partial charge in [-0.25, -0.2) is 13.2 Å². The summed E-state index contributed by atoms with van der Waals surface area (Å²) in [6.07, 6.45) is 3.81. The Hall–Kier alpha value is -1.97. The third-order valence-corrected chi connectivity index (χ3v) is 7.54. The molecule has 1 aliphatic carbocycles. The molecule has 1 heterocycles. The van der Waals surface area contributed by atoms with Crippen molar-refractivity contribution in [2.45, 2.75) is 50.5 Å². The van der Waals surface area contributed by atoms with Crippen molar-refractivity contribution in [3.8, 4) is 0 Å². The Morgan fingerprint density at radius 3 is 2.48 bits per heavy atom. The molecule has 29 heavy (non-hydrogen) atoms. The van der Waals surface area contributed by atoms with E-state index in [9.17, 15) is 18.0 Å². The number of urea groups is 1. The molecule has 0 spiro atoms. The molecule has 1 aliphatic heterocycles. The van der Waals surface area contributed by atoms with Crippen molar-refractivity contribution in [3.05, 3.63) is 29.3 Å². The summed E-state index contributed by atoms with van der Waals surface area (Å²) in [5, 5.41) is 5.00. The highest BCUT2D eigenvalue weighted by Crippen LogP contribution is 2.26. The van der Waals surface area contributed by atoms with Gasteiger partial charge in [-0.3, -0.25) is 15.0 Å². The topological polar surface area (TPSA) is 98.8 Å². The Kier molecular flexibility index (Phi) is 6.92. The first kappa shape index (κ1) is 21.7. The molecule has 9 heteroatoms. The number of carbonyl (C=O) groups excluding carboxylic acids is 2. The Morgan fingerprint density at radius 2 is 1.79 bits per heavy atom. The summed E-state index contributed by atoms with van der Waals surface area (Å²) in [7, 11) is -3.53. The number of hydrogen-bond donors (Lipinski definition) is 2. The molecule has 0 bridgehead atoms. The van der Waals surface area contributed by atoms with Crippen LogP contribution < -0.4 is 10.6 Å². The number of nitrogens with one attached hydrogen (secondary N) is 2. The summed E-state index contributed by atoms with van der Waals surface area (Å²) in [5.74, 6) is -0.388. The molecule has 2 N–H and O–H groups in total. The second kappa shape index (κ2) is 9.23. The van der Waals surface area contributed by atoms with E-state index in [0.29, 0.717) is 31.1 Å². The molecule has 1 atom stereocenters. The van der Waals surface area contributed by atoms with E-state index in [1.165, 1.54) is 9.87 Å². The van der Waals surface area contributed by atoms with Gasteiger partial charge in [-0.2, -0.15) is 4.31 Å². The number of sulfonamides is 1. The van der Waals surface area contributed by atoms with Crippen LogP contribution >= 0.6 is 0 Å². The Balaban J connectivity index is 1.51. The van der Waals surface area contributed by atoms with Crippen molar-refractivity contribution in [2.24, 2.45) is 0 Å². The predicted molar refractivity (Wildman–Crippen MR) is 110 cm³/mol. The minimum absolute atomic E-state index is 0.00392. The predicted octanol–water partition coefficient (Wildman–Crippen LogP) is 1.11. The van der Waals surface area contributed by atoms with Crippen LogP contribution in [-0.4, -0.2) is 68.3 Å². The standard InChI is InChI=1S/C20H30N4O4S/c1-3-15(2)21-20(26)22-19(25)14-23-9-11-24(12-10-23)29(27,28)18-8-7-16-5-4-6-17(16)13-18/h7-8,13,15H,3-6,9-12,14H2,1-2H3,(H2,21,22,25,26)/t15-/m1/s1. The van der Waals surface area contributed by atoms with E-state index in [1.807, 2.05) is 30.9 Å². The van der Waals surface area contributed by atoms with E-state index >= 15 is 0 Å². The highest BCUT2D eigenvalue weighted by atomic mass is 32.2. The summed E-state index contributed by atoms with van der Waals surface area (Å²) < 4.78 is 27.4. The van der Waals surface area contributed by atoms with Crippen molar-refractivity contribution in [3.63, 3.8) is 0 Å². The second-order valence-electron chi connectivity index (χ2n) is 7.80. The Bertz CT molecular complexity index is 863. The number of aryl methyl sites for hydroxylation is 2. The minimum Gasteiger partial charge on any atom is -0.335 e. The van der Waals surface area contributed by atoms with Crippen LogP contribution in [-0.2, 0) is 27.7 Å². The number of benzene rings is 1.